The maximum Gasteiger partial charge on any atom is 0.416 e. The first-order valence-corrected chi connectivity index (χ1v) is 15.5. The van der Waals surface area contributed by atoms with Gasteiger partial charge in [0.1, 0.15) is 0 Å². The lowest BCUT2D eigenvalue weighted by Crippen LogP contribution is -2.41. The number of carboxylic acid groups (broad SMARTS) is 1. The van der Waals surface area contributed by atoms with Gasteiger partial charge in [-0.1, -0.05) is 6.92 Å². The maximum atomic E-state index is 13.7. The number of carboxylic acids is 1. The van der Waals surface area contributed by atoms with Crippen LogP contribution in [0.25, 0.3) is 5.57 Å². The van der Waals surface area contributed by atoms with Gasteiger partial charge in [0.25, 0.3) is 0 Å². The van der Waals surface area contributed by atoms with Crippen LogP contribution in [0.2, 0.25) is 0 Å². The minimum atomic E-state index is -5.03. The average Bonchev–Trinajstić information content (AvgIpc) is 3.49. The molecule has 0 unspecified atom stereocenters. The largest absolute Gasteiger partial charge is 0.481 e. The monoisotopic (exact) mass is 684 g/mol. The van der Waals surface area contributed by atoms with E-state index < -0.39 is 54.0 Å². The Balaban J connectivity index is 1.62. The molecule has 0 bridgehead atoms. The Bertz CT molecular complexity index is 1460. The number of halogens is 6. The fourth-order valence-corrected chi connectivity index (χ4v) is 6.22. The Hall–Kier alpha value is -4.37. The number of nitrogens with two attached hydrogens (primary N) is 1. The molecule has 1 aliphatic carbocycles. The summed E-state index contributed by atoms with van der Waals surface area (Å²) in [7, 11) is 1.54. The van der Waals surface area contributed by atoms with Gasteiger partial charge in [0.15, 0.2) is 0 Å². The molecule has 1 saturated heterocycles. The number of aromatic nitrogens is 2. The van der Waals surface area contributed by atoms with Gasteiger partial charge in [-0.05, 0) is 68.2 Å². The second-order valence-corrected chi connectivity index (χ2v) is 12.1. The fourth-order valence-electron chi connectivity index (χ4n) is 6.22. The first-order valence-electron chi connectivity index (χ1n) is 15.5. The molecule has 2 heterocycles. The number of carbonyl (C=O) groups is 2. The van der Waals surface area contributed by atoms with Crippen molar-refractivity contribution in [2.75, 3.05) is 25.1 Å². The first kappa shape index (κ1) is 36.5. The van der Waals surface area contributed by atoms with Gasteiger partial charge < -0.3 is 25.4 Å². The highest BCUT2D eigenvalue weighted by Gasteiger charge is 2.41. The Kier molecular flexibility index (Phi) is 11.6. The number of hydrogen-bond donors (Lipinski definition) is 2. The number of anilines is 1. The van der Waals surface area contributed by atoms with E-state index >= 15 is 0 Å². The van der Waals surface area contributed by atoms with E-state index in [9.17, 15) is 41.0 Å². The second-order valence-electron chi connectivity index (χ2n) is 12.1. The van der Waals surface area contributed by atoms with Crippen molar-refractivity contribution in [2.24, 2.45) is 22.6 Å². The molecule has 4 rings (SSSR count). The molecular weight excluding hydrogens is 646 g/mol. The molecule has 48 heavy (non-hydrogen) atoms. The number of amides is 1. The van der Waals surface area contributed by atoms with Crippen LogP contribution in [0.1, 0.15) is 67.7 Å². The maximum absolute atomic E-state index is 13.7. The second kappa shape index (κ2) is 15.2. The summed E-state index contributed by atoms with van der Waals surface area (Å²) in [6.45, 7) is 1.60. The highest BCUT2D eigenvalue weighted by molar-refractivity contribution is 6.09. The van der Waals surface area contributed by atoms with Gasteiger partial charge in [-0.15, -0.1) is 0 Å². The number of allylic oxidation sites excluding steroid dienone is 1. The third-order valence-electron chi connectivity index (χ3n) is 8.85. The van der Waals surface area contributed by atoms with E-state index in [2.05, 4.69) is 15.0 Å². The Morgan fingerprint density at radius 1 is 1.06 bits per heavy atom. The molecule has 2 aliphatic rings. The highest BCUT2D eigenvalue weighted by atomic mass is 19.4. The molecule has 0 spiro atoms. The molecular formula is C32H38F6N6O4. The van der Waals surface area contributed by atoms with Crippen LogP contribution in [-0.4, -0.2) is 70.5 Å². The lowest BCUT2D eigenvalue weighted by Gasteiger charge is -2.30. The Morgan fingerprint density at radius 3 is 2.17 bits per heavy atom. The number of alkyl halides is 6. The number of ether oxygens (including phenoxy) is 1. The molecule has 10 nitrogen and oxygen atoms in total. The van der Waals surface area contributed by atoms with Crippen LogP contribution in [0, 0.1) is 11.8 Å². The summed E-state index contributed by atoms with van der Waals surface area (Å²) in [6, 6.07) is 0.475. The third-order valence-corrected chi connectivity index (χ3v) is 8.85. The minimum absolute atomic E-state index is 0.0143. The number of hydrogen-bond acceptors (Lipinski definition) is 8. The average molecular weight is 685 g/mol. The topological polar surface area (TPSA) is 134 Å². The SMILES string of the molecule is CC[C@@H]1C[C@H](N(Cc2cc(C(F)(F)F)cc(C(F)(F)F)c2)c2ncc(C(C=NC)=CN)cn2)CN1C(=O)OCC1CCC(C(=O)O)CC1. The van der Waals surface area contributed by atoms with Gasteiger partial charge >= 0.3 is 24.4 Å². The number of benzene rings is 1. The van der Waals surface area contributed by atoms with Gasteiger partial charge in [-0.2, -0.15) is 26.3 Å². The van der Waals surface area contributed by atoms with E-state index in [1.807, 2.05) is 6.92 Å². The summed E-state index contributed by atoms with van der Waals surface area (Å²) in [5.74, 6) is -1.21. The van der Waals surface area contributed by atoms with Crippen molar-refractivity contribution in [3.05, 3.63) is 59.0 Å². The van der Waals surface area contributed by atoms with E-state index in [-0.39, 0.29) is 42.7 Å². The molecule has 1 aromatic heterocycles. The lowest BCUT2D eigenvalue weighted by atomic mass is 9.82. The highest BCUT2D eigenvalue weighted by Crippen LogP contribution is 2.38. The summed E-state index contributed by atoms with van der Waals surface area (Å²) in [5.41, 5.74) is 3.49. The predicted molar refractivity (Wildman–Crippen MR) is 165 cm³/mol. The van der Waals surface area contributed by atoms with Gasteiger partial charge in [0.2, 0.25) is 5.95 Å². The van der Waals surface area contributed by atoms with E-state index in [1.165, 1.54) is 41.7 Å². The van der Waals surface area contributed by atoms with E-state index in [4.69, 9.17) is 10.5 Å². The molecule has 1 amide bonds. The molecule has 262 valence electrons. The molecule has 1 aromatic carbocycles. The van der Waals surface area contributed by atoms with Crippen molar-refractivity contribution < 1.29 is 45.8 Å². The van der Waals surface area contributed by atoms with Crippen molar-refractivity contribution in [1.82, 2.24) is 14.9 Å². The number of carbonyl (C=O) groups excluding carboxylic acids is 1. The predicted octanol–water partition coefficient (Wildman–Crippen LogP) is 6.40. The van der Waals surface area contributed by atoms with Crippen molar-refractivity contribution in [3.63, 3.8) is 0 Å². The molecule has 1 aliphatic heterocycles. The molecule has 3 N–H and O–H groups in total. The Labute approximate surface area is 273 Å². The minimum Gasteiger partial charge on any atom is -0.481 e. The number of nitrogens with zero attached hydrogens (tertiary/aromatic N) is 5. The molecule has 1 saturated carbocycles. The molecule has 2 atom stereocenters. The van der Waals surface area contributed by atoms with Gasteiger partial charge in [0, 0.05) is 62.1 Å². The van der Waals surface area contributed by atoms with Crippen LogP contribution in [0.15, 0.2) is 41.8 Å². The number of rotatable bonds is 10. The fraction of sp³-hybridized carbons (Fsp3) is 0.531. The summed E-state index contributed by atoms with van der Waals surface area (Å²) >= 11 is 0. The standard InChI is InChI=1S/C32H38F6N6O4/c1-3-26-11-27(17-44(26)30(47)48-18-19-4-6-21(7-5-19)28(45)46)43(29-41-14-23(15-42-29)22(12-39)13-40-2)16-20-8-24(31(33,34)35)10-25(9-20)32(36,37)38/h8-10,12-15,19,21,26-27H,3-7,11,16-18,39H2,1-2H3,(H,45,46)/t19?,21?,26-,27+/m1/s1. The van der Waals surface area contributed by atoms with E-state index in [0.29, 0.717) is 61.8 Å². The van der Waals surface area contributed by atoms with Gasteiger partial charge in [0.05, 0.1) is 29.7 Å². The quantitative estimate of drug-likeness (QED) is 0.217. The van der Waals surface area contributed by atoms with Crippen molar-refractivity contribution >= 4 is 29.8 Å². The zero-order valence-electron chi connectivity index (χ0n) is 26.5. The van der Waals surface area contributed by atoms with Crippen LogP contribution in [0.3, 0.4) is 0 Å². The van der Waals surface area contributed by atoms with Crippen molar-refractivity contribution in [3.8, 4) is 0 Å². The normalized spacial score (nSPS) is 22.2. The van der Waals surface area contributed by atoms with Crippen molar-refractivity contribution in [2.45, 2.75) is 76.4 Å². The van der Waals surface area contributed by atoms with E-state index in [1.54, 1.807) is 0 Å². The number of likely N-dealkylation sites (tertiary alicyclic amines) is 1. The lowest BCUT2D eigenvalue weighted by molar-refractivity contribution is -0.144. The smallest absolute Gasteiger partial charge is 0.416 e. The van der Waals surface area contributed by atoms with Gasteiger partial charge in [-0.3, -0.25) is 9.79 Å². The zero-order valence-corrected chi connectivity index (χ0v) is 26.5. The molecule has 2 aromatic rings. The van der Waals surface area contributed by atoms with Crippen LogP contribution in [0.4, 0.5) is 37.1 Å². The zero-order chi connectivity index (χ0) is 35.2. The summed E-state index contributed by atoms with van der Waals surface area (Å²) in [6.07, 6.45) is -2.04. The molecule has 0 radical (unpaired) electrons. The van der Waals surface area contributed by atoms with E-state index in [0.717, 1.165) is 0 Å². The molecule has 16 heteroatoms. The summed E-state index contributed by atoms with van der Waals surface area (Å²) in [5, 5.41) is 9.24. The van der Waals surface area contributed by atoms with Crippen LogP contribution < -0.4 is 10.6 Å². The van der Waals surface area contributed by atoms with Crippen LogP contribution >= 0.6 is 0 Å². The first-order chi connectivity index (χ1) is 22.6. The van der Waals surface area contributed by atoms with Gasteiger partial charge in [-0.25, -0.2) is 14.8 Å². The Morgan fingerprint density at radius 2 is 1.67 bits per heavy atom. The molecule has 2 fully saturated rings. The summed E-state index contributed by atoms with van der Waals surface area (Å²) < 4.78 is 87.8. The third kappa shape index (κ3) is 8.95. The van der Waals surface area contributed by atoms with Crippen molar-refractivity contribution in [1.29, 1.82) is 0 Å². The number of aliphatic imine (C=N–C) groups is 1. The van der Waals surface area contributed by atoms with Crippen LogP contribution in [0.5, 0.6) is 0 Å². The van der Waals surface area contributed by atoms with Crippen LogP contribution in [-0.2, 0) is 28.4 Å². The number of aliphatic carboxylic acids is 1. The summed E-state index contributed by atoms with van der Waals surface area (Å²) in [4.78, 5) is 40.3.